The van der Waals surface area contributed by atoms with E-state index in [-0.39, 0.29) is 0 Å². The zero-order chi connectivity index (χ0) is 13.9. The molecule has 1 aliphatic rings. The summed E-state index contributed by atoms with van der Waals surface area (Å²) in [6.07, 6.45) is 1.31. The Morgan fingerprint density at radius 3 is 3.05 bits per heavy atom. The Labute approximate surface area is 115 Å². The van der Waals surface area contributed by atoms with E-state index in [9.17, 15) is 4.79 Å². The summed E-state index contributed by atoms with van der Waals surface area (Å²) < 4.78 is 11.0. The number of nitrogens with zero attached hydrogens (tertiary/aromatic N) is 1. The van der Waals surface area contributed by atoms with E-state index < -0.39 is 12.1 Å². The molecular weight excluding hydrogens is 258 g/mol. The molecule has 102 valence electrons. The molecular formula is C15H13NO4. The van der Waals surface area contributed by atoms with Crippen molar-refractivity contribution in [1.29, 1.82) is 0 Å². The second-order valence-electron chi connectivity index (χ2n) is 4.53. The summed E-state index contributed by atoms with van der Waals surface area (Å²) >= 11 is 0. The number of rotatable bonds is 4. The Morgan fingerprint density at radius 2 is 2.30 bits per heavy atom. The Bertz CT molecular complexity index is 627. The fourth-order valence-electron chi connectivity index (χ4n) is 2.08. The summed E-state index contributed by atoms with van der Waals surface area (Å²) in [4.78, 5) is 15.1. The summed E-state index contributed by atoms with van der Waals surface area (Å²) in [6.45, 7) is 0.363. The number of carbonyl (C=O) groups is 1. The van der Waals surface area contributed by atoms with Gasteiger partial charge in [0.1, 0.15) is 18.1 Å². The summed E-state index contributed by atoms with van der Waals surface area (Å²) in [5, 5.41) is 8.94. The van der Waals surface area contributed by atoms with Gasteiger partial charge in [-0.1, -0.05) is 12.1 Å². The number of carboxylic acids is 1. The second-order valence-corrected chi connectivity index (χ2v) is 4.53. The lowest BCUT2D eigenvalue weighted by Crippen LogP contribution is -2.24. The predicted molar refractivity (Wildman–Crippen MR) is 70.8 cm³/mol. The van der Waals surface area contributed by atoms with Crippen LogP contribution in [0.5, 0.6) is 11.5 Å². The highest BCUT2D eigenvalue weighted by atomic mass is 16.5. The van der Waals surface area contributed by atoms with Crippen LogP contribution in [0.1, 0.15) is 11.3 Å². The molecule has 1 aromatic carbocycles. The first-order valence-corrected chi connectivity index (χ1v) is 6.27. The summed E-state index contributed by atoms with van der Waals surface area (Å²) in [5.74, 6) is 0.272. The zero-order valence-corrected chi connectivity index (χ0v) is 10.7. The minimum Gasteiger partial charge on any atom is -0.487 e. The molecule has 0 bridgehead atoms. The number of hydrogen-bond donors (Lipinski definition) is 1. The lowest BCUT2D eigenvalue weighted by molar-refractivity contribution is -0.144. The highest BCUT2D eigenvalue weighted by Crippen LogP contribution is 2.32. The van der Waals surface area contributed by atoms with Crippen LogP contribution >= 0.6 is 0 Å². The Hall–Kier alpha value is -2.56. The normalized spacial score (nSPS) is 16.3. The van der Waals surface area contributed by atoms with Crippen LogP contribution in [0.2, 0.25) is 0 Å². The maximum absolute atomic E-state index is 10.9. The first-order valence-electron chi connectivity index (χ1n) is 6.27. The molecule has 1 aromatic heterocycles. The van der Waals surface area contributed by atoms with Crippen molar-refractivity contribution >= 4 is 5.97 Å². The van der Waals surface area contributed by atoms with Crippen molar-refractivity contribution in [1.82, 2.24) is 4.98 Å². The topological polar surface area (TPSA) is 68.7 Å². The standard InChI is InChI=1S/C15H13NO4/c17-15(18)14-7-10-4-5-12(8-13(10)20-14)19-9-11-3-1-2-6-16-11/h1-6,8,14H,7,9H2,(H,17,18). The van der Waals surface area contributed by atoms with Crippen LogP contribution in [0, 0.1) is 0 Å². The molecule has 2 heterocycles. The van der Waals surface area contributed by atoms with Crippen molar-refractivity contribution in [3.05, 3.63) is 53.9 Å². The minimum absolute atomic E-state index is 0.363. The van der Waals surface area contributed by atoms with Crippen molar-refractivity contribution < 1.29 is 19.4 Å². The van der Waals surface area contributed by atoms with Gasteiger partial charge in [-0.3, -0.25) is 4.98 Å². The van der Waals surface area contributed by atoms with E-state index in [0.29, 0.717) is 24.5 Å². The van der Waals surface area contributed by atoms with Gasteiger partial charge < -0.3 is 14.6 Å². The number of benzene rings is 1. The summed E-state index contributed by atoms with van der Waals surface area (Å²) in [6, 6.07) is 11.0. The SMILES string of the molecule is O=C(O)C1Cc2ccc(OCc3ccccn3)cc2O1. The van der Waals surface area contributed by atoms with E-state index in [1.54, 1.807) is 12.3 Å². The number of pyridine rings is 1. The Kier molecular flexibility index (Phi) is 3.25. The average Bonchev–Trinajstić information content (AvgIpc) is 2.89. The number of aromatic nitrogens is 1. The lowest BCUT2D eigenvalue weighted by Gasteiger charge is -2.07. The van der Waals surface area contributed by atoms with Crippen LogP contribution in [-0.2, 0) is 17.8 Å². The molecule has 3 rings (SSSR count). The Morgan fingerprint density at radius 1 is 1.40 bits per heavy atom. The van der Waals surface area contributed by atoms with Crippen LogP contribution < -0.4 is 9.47 Å². The molecule has 5 nitrogen and oxygen atoms in total. The smallest absolute Gasteiger partial charge is 0.345 e. The van der Waals surface area contributed by atoms with Crippen molar-refractivity contribution in [3.63, 3.8) is 0 Å². The van der Waals surface area contributed by atoms with Gasteiger partial charge in [0, 0.05) is 18.7 Å². The van der Waals surface area contributed by atoms with Gasteiger partial charge in [0.2, 0.25) is 0 Å². The Balaban J connectivity index is 1.68. The zero-order valence-electron chi connectivity index (χ0n) is 10.7. The van der Waals surface area contributed by atoms with Crippen LogP contribution in [0.3, 0.4) is 0 Å². The third kappa shape index (κ3) is 2.56. The molecule has 1 atom stereocenters. The molecule has 1 aliphatic heterocycles. The fraction of sp³-hybridized carbons (Fsp3) is 0.200. The van der Waals surface area contributed by atoms with Gasteiger partial charge in [0.25, 0.3) is 0 Å². The van der Waals surface area contributed by atoms with Gasteiger partial charge in [-0.2, -0.15) is 0 Å². The molecule has 1 N–H and O–H groups in total. The van der Waals surface area contributed by atoms with E-state index in [1.165, 1.54) is 0 Å². The van der Waals surface area contributed by atoms with E-state index in [4.69, 9.17) is 14.6 Å². The molecule has 0 aliphatic carbocycles. The molecule has 0 spiro atoms. The summed E-state index contributed by atoms with van der Waals surface area (Å²) in [7, 11) is 0. The highest BCUT2D eigenvalue weighted by molar-refractivity contribution is 5.74. The lowest BCUT2D eigenvalue weighted by atomic mass is 10.1. The van der Waals surface area contributed by atoms with Gasteiger partial charge in [0.05, 0.1) is 5.69 Å². The van der Waals surface area contributed by atoms with Crippen LogP contribution in [-0.4, -0.2) is 22.2 Å². The van der Waals surface area contributed by atoms with Gasteiger partial charge >= 0.3 is 5.97 Å². The molecule has 2 aromatic rings. The van der Waals surface area contributed by atoms with Crippen LogP contribution in [0.4, 0.5) is 0 Å². The van der Waals surface area contributed by atoms with Crippen LogP contribution in [0.25, 0.3) is 0 Å². The minimum atomic E-state index is -0.947. The number of fused-ring (bicyclic) bond motifs is 1. The average molecular weight is 271 g/mol. The monoisotopic (exact) mass is 271 g/mol. The van der Waals surface area contributed by atoms with E-state index in [0.717, 1.165) is 11.3 Å². The first kappa shape index (κ1) is 12.5. The third-order valence-electron chi connectivity index (χ3n) is 3.10. The molecule has 5 heteroatoms. The van der Waals surface area contributed by atoms with Gasteiger partial charge in [-0.05, 0) is 23.8 Å². The number of hydrogen-bond acceptors (Lipinski definition) is 4. The molecule has 0 fully saturated rings. The van der Waals surface area contributed by atoms with Crippen molar-refractivity contribution in [2.75, 3.05) is 0 Å². The van der Waals surface area contributed by atoms with E-state index >= 15 is 0 Å². The number of carboxylic acid groups (broad SMARTS) is 1. The molecule has 0 saturated heterocycles. The first-order chi connectivity index (χ1) is 9.72. The quantitative estimate of drug-likeness (QED) is 0.921. The maximum Gasteiger partial charge on any atom is 0.345 e. The second kappa shape index (κ2) is 5.21. The van der Waals surface area contributed by atoms with Crippen LogP contribution in [0.15, 0.2) is 42.6 Å². The third-order valence-corrected chi connectivity index (χ3v) is 3.10. The molecule has 0 saturated carbocycles. The van der Waals surface area contributed by atoms with Crippen molar-refractivity contribution in [3.8, 4) is 11.5 Å². The number of ether oxygens (including phenoxy) is 2. The largest absolute Gasteiger partial charge is 0.487 e. The fourth-order valence-corrected chi connectivity index (χ4v) is 2.08. The van der Waals surface area contributed by atoms with Crippen molar-refractivity contribution in [2.24, 2.45) is 0 Å². The van der Waals surface area contributed by atoms with Gasteiger partial charge in [-0.15, -0.1) is 0 Å². The van der Waals surface area contributed by atoms with Gasteiger partial charge in [0.15, 0.2) is 6.10 Å². The maximum atomic E-state index is 10.9. The van der Waals surface area contributed by atoms with E-state index in [2.05, 4.69) is 4.98 Å². The molecule has 1 unspecified atom stereocenters. The molecule has 0 radical (unpaired) electrons. The molecule has 0 amide bonds. The predicted octanol–water partition coefficient (Wildman–Crippen LogP) is 2.05. The number of aliphatic carboxylic acids is 1. The molecule has 20 heavy (non-hydrogen) atoms. The van der Waals surface area contributed by atoms with E-state index in [1.807, 2.05) is 30.3 Å². The summed E-state index contributed by atoms with van der Waals surface area (Å²) in [5.41, 5.74) is 1.72. The van der Waals surface area contributed by atoms with Crippen molar-refractivity contribution in [2.45, 2.75) is 19.1 Å². The highest BCUT2D eigenvalue weighted by Gasteiger charge is 2.28. The van der Waals surface area contributed by atoms with Gasteiger partial charge in [-0.25, -0.2) is 4.79 Å².